The smallest absolute Gasteiger partial charge is 0.150 e. The molecule has 2 aliphatic heterocycles. The Morgan fingerprint density at radius 2 is 2.33 bits per heavy atom. The van der Waals surface area contributed by atoms with Crippen LogP contribution in [-0.4, -0.2) is 25.1 Å². The molecule has 3 atom stereocenters. The van der Waals surface area contributed by atoms with Crippen LogP contribution in [0.5, 0.6) is 0 Å². The summed E-state index contributed by atoms with van der Waals surface area (Å²) in [5.41, 5.74) is 0. The summed E-state index contributed by atoms with van der Waals surface area (Å²) in [6.45, 7) is 1.25. The van der Waals surface area contributed by atoms with Crippen molar-refractivity contribution in [3.63, 3.8) is 0 Å². The topological polar surface area (TPSA) is 35.5 Å². The lowest BCUT2D eigenvalue weighted by atomic mass is 9.79. The predicted octanol–water partition coefficient (Wildman–Crippen LogP) is 1.45. The van der Waals surface area contributed by atoms with Gasteiger partial charge in [-0.2, -0.15) is 0 Å². The highest BCUT2D eigenvalue weighted by Gasteiger charge is 2.43. The lowest BCUT2D eigenvalue weighted by Gasteiger charge is -2.40. The van der Waals surface area contributed by atoms with Crippen molar-refractivity contribution in [2.24, 2.45) is 11.8 Å². The van der Waals surface area contributed by atoms with Gasteiger partial charge in [0.05, 0.1) is 18.4 Å². The van der Waals surface area contributed by atoms with Crippen LogP contribution in [0.25, 0.3) is 0 Å². The number of ether oxygens (including phenoxy) is 2. The van der Waals surface area contributed by atoms with E-state index >= 15 is 0 Å². The summed E-state index contributed by atoms with van der Waals surface area (Å²) in [6, 6.07) is 0. The molecular weight excluding hydrogens is 192 g/mol. The zero-order valence-corrected chi connectivity index (χ0v) is 8.52. The average molecular weight is 206 g/mol. The summed E-state index contributed by atoms with van der Waals surface area (Å²) < 4.78 is 11.2. The summed E-state index contributed by atoms with van der Waals surface area (Å²) in [5.74, 6) is 1.24. The van der Waals surface area contributed by atoms with Gasteiger partial charge in [-0.1, -0.05) is 12.2 Å². The lowest BCUT2D eigenvalue weighted by Crippen LogP contribution is -2.47. The van der Waals surface area contributed by atoms with Gasteiger partial charge in [0.15, 0.2) is 5.78 Å². The molecule has 80 valence electrons. The summed E-state index contributed by atoms with van der Waals surface area (Å²) in [6.07, 6.45) is 7.49. The van der Waals surface area contributed by atoms with E-state index in [-0.39, 0.29) is 17.9 Å². The second kappa shape index (κ2) is 3.49. The number of carbonyl (C=O) groups excluding carboxylic acids is 1. The Morgan fingerprint density at radius 1 is 1.40 bits per heavy atom. The van der Waals surface area contributed by atoms with Crippen molar-refractivity contribution in [2.75, 3.05) is 13.2 Å². The third-order valence-corrected chi connectivity index (χ3v) is 3.41. The van der Waals surface area contributed by atoms with Gasteiger partial charge in [-0.3, -0.25) is 4.79 Å². The van der Waals surface area contributed by atoms with Gasteiger partial charge >= 0.3 is 0 Å². The quantitative estimate of drug-likeness (QED) is 0.601. The molecule has 0 aromatic heterocycles. The fourth-order valence-corrected chi connectivity index (χ4v) is 2.57. The molecule has 2 fully saturated rings. The standard InChI is InChI=1S/C12H14O3/c13-12-8-3-1-2-4-10(8)15-11-7-14-6-5-9(11)12/h1-2,4,8-9,11H,3,5-7H2. The van der Waals surface area contributed by atoms with E-state index in [1.807, 2.05) is 18.2 Å². The first-order valence-electron chi connectivity index (χ1n) is 5.51. The third-order valence-electron chi connectivity index (χ3n) is 3.41. The van der Waals surface area contributed by atoms with Crippen molar-refractivity contribution in [3.05, 3.63) is 24.0 Å². The van der Waals surface area contributed by atoms with Crippen LogP contribution in [0, 0.1) is 11.8 Å². The number of ketones is 1. The zero-order chi connectivity index (χ0) is 10.3. The van der Waals surface area contributed by atoms with Crippen molar-refractivity contribution in [2.45, 2.75) is 18.9 Å². The molecule has 15 heavy (non-hydrogen) atoms. The fraction of sp³-hybridized carbons (Fsp3) is 0.583. The maximum Gasteiger partial charge on any atom is 0.150 e. The Hall–Kier alpha value is -1.09. The molecule has 0 N–H and O–H groups in total. The molecule has 3 rings (SSSR count). The molecule has 1 aliphatic carbocycles. The predicted molar refractivity (Wildman–Crippen MR) is 54.1 cm³/mol. The molecular formula is C12H14O3. The maximum absolute atomic E-state index is 12.2. The minimum absolute atomic E-state index is 0.0191. The molecule has 0 saturated carbocycles. The van der Waals surface area contributed by atoms with E-state index in [9.17, 15) is 4.79 Å². The second-order valence-electron chi connectivity index (χ2n) is 4.31. The first kappa shape index (κ1) is 9.16. The normalized spacial score (nSPS) is 38.8. The van der Waals surface area contributed by atoms with Crippen LogP contribution in [0.15, 0.2) is 24.0 Å². The lowest BCUT2D eigenvalue weighted by molar-refractivity contribution is -0.149. The molecule has 3 unspecified atom stereocenters. The van der Waals surface area contributed by atoms with Gasteiger partial charge in [0.2, 0.25) is 0 Å². The van der Waals surface area contributed by atoms with Crippen molar-refractivity contribution in [1.29, 1.82) is 0 Å². The van der Waals surface area contributed by atoms with Crippen molar-refractivity contribution >= 4 is 5.78 Å². The molecule has 2 heterocycles. The van der Waals surface area contributed by atoms with Crippen molar-refractivity contribution < 1.29 is 14.3 Å². The SMILES string of the molecule is O=C1C2CC=CC=C2OC2COCCC12. The fourth-order valence-electron chi connectivity index (χ4n) is 2.57. The number of carbonyl (C=O) groups is 1. The Labute approximate surface area is 88.7 Å². The summed E-state index contributed by atoms with van der Waals surface area (Å²) in [5, 5.41) is 0. The van der Waals surface area contributed by atoms with E-state index < -0.39 is 0 Å². The largest absolute Gasteiger partial charge is 0.491 e. The van der Waals surface area contributed by atoms with Crippen LogP contribution in [0.3, 0.4) is 0 Å². The van der Waals surface area contributed by atoms with Crippen LogP contribution in [0.1, 0.15) is 12.8 Å². The average Bonchev–Trinajstić information content (AvgIpc) is 2.30. The van der Waals surface area contributed by atoms with Gasteiger partial charge < -0.3 is 9.47 Å². The van der Waals surface area contributed by atoms with Crippen LogP contribution < -0.4 is 0 Å². The third kappa shape index (κ3) is 1.42. The van der Waals surface area contributed by atoms with Crippen LogP contribution in [0.4, 0.5) is 0 Å². The van der Waals surface area contributed by atoms with Gasteiger partial charge in [0.25, 0.3) is 0 Å². The van der Waals surface area contributed by atoms with E-state index in [0.717, 1.165) is 18.6 Å². The molecule has 0 radical (unpaired) electrons. The van der Waals surface area contributed by atoms with E-state index in [0.29, 0.717) is 19.0 Å². The number of fused-ring (bicyclic) bond motifs is 2. The Kier molecular flexibility index (Phi) is 2.13. The van der Waals surface area contributed by atoms with E-state index in [1.165, 1.54) is 0 Å². The highest BCUT2D eigenvalue weighted by molar-refractivity contribution is 5.87. The second-order valence-corrected chi connectivity index (χ2v) is 4.31. The molecule has 3 aliphatic rings. The molecule has 0 spiro atoms. The van der Waals surface area contributed by atoms with E-state index in [2.05, 4.69) is 0 Å². The molecule has 0 aromatic rings. The maximum atomic E-state index is 12.2. The highest BCUT2D eigenvalue weighted by Crippen LogP contribution is 2.36. The Balaban J connectivity index is 1.89. The van der Waals surface area contributed by atoms with Crippen LogP contribution >= 0.6 is 0 Å². The zero-order valence-electron chi connectivity index (χ0n) is 8.52. The highest BCUT2D eigenvalue weighted by atomic mass is 16.5. The molecule has 0 aromatic carbocycles. The number of hydrogen-bond acceptors (Lipinski definition) is 3. The summed E-state index contributed by atoms with van der Waals surface area (Å²) in [4.78, 5) is 12.2. The van der Waals surface area contributed by atoms with Gasteiger partial charge in [0, 0.05) is 6.61 Å². The molecule has 3 heteroatoms. The molecule has 0 bridgehead atoms. The van der Waals surface area contributed by atoms with Gasteiger partial charge in [-0.05, 0) is 18.9 Å². The van der Waals surface area contributed by atoms with Crippen molar-refractivity contribution in [3.8, 4) is 0 Å². The Morgan fingerprint density at radius 3 is 3.27 bits per heavy atom. The van der Waals surface area contributed by atoms with Gasteiger partial charge in [0.1, 0.15) is 11.9 Å². The number of hydrogen-bond donors (Lipinski definition) is 0. The molecule has 3 nitrogen and oxygen atoms in total. The number of Topliss-reactive ketones (excluding diaryl/α,β-unsaturated/α-hetero) is 1. The minimum atomic E-state index is -0.0414. The Bertz CT molecular complexity index is 343. The summed E-state index contributed by atoms with van der Waals surface area (Å²) in [7, 11) is 0. The van der Waals surface area contributed by atoms with E-state index in [1.54, 1.807) is 0 Å². The van der Waals surface area contributed by atoms with Crippen molar-refractivity contribution in [1.82, 2.24) is 0 Å². The first-order valence-corrected chi connectivity index (χ1v) is 5.51. The van der Waals surface area contributed by atoms with Gasteiger partial charge in [-0.25, -0.2) is 0 Å². The minimum Gasteiger partial charge on any atom is -0.491 e. The summed E-state index contributed by atoms with van der Waals surface area (Å²) >= 11 is 0. The van der Waals surface area contributed by atoms with E-state index in [4.69, 9.17) is 9.47 Å². The molecule has 0 amide bonds. The molecule has 2 saturated heterocycles. The van der Waals surface area contributed by atoms with Crippen LogP contribution in [-0.2, 0) is 14.3 Å². The first-order chi connectivity index (χ1) is 7.36. The number of allylic oxidation sites excluding steroid dienone is 4. The monoisotopic (exact) mass is 206 g/mol. The van der Waals surface area contributed by atoms with Gasteiger partial charge in [-0.15, -0.1) is 0 Å². The van der Waals surface area contributed by atoms with Crippen LogP contribution in [0.2, 0.25) is 0 Å². The number of rotatable bonds is 0.